The summed E-state index contributed by atoms with van der Waals surface area (Å²) >= 11 is 1.50. The van der Waals surface area contributed by atoms with Gasteiger partial charge < -0.3 is 20.1 Å². The first-order chi connectivity index (χ1) is 9.65. The minimum Gasteiger partial charge on any atom is -0.454 e. The minimum atomic E-state index is -0.172. The molecule has 0 atom stereocenters. The summed E-state index contributed by atoms with van der Waals surface area (Å²) in [7, 11) is 1.71. The van der Waals surface area contributed by atoms with E-state index in [2.05, 4.69) is 4.98 Å². The molecule has 1 aromatic carbocycles. The summed E-state index contributed by atoms with van der Waals surface area (Å²) in [6.07, 6.45) is 0. The summed E-state index contributed by atoms with van der Waals surface area (Å²) in [5.74, 6) is 0.944. The molecule has 2 aromatic rings. The van der Waals surface area contributed by atoms with Gasteiger partial charge in [-0.3, -0.25) is 4.79 Å². The Morgan fingerprint density at radius 1 is 1.45 bits per heavy atom. The van der Waals surface area contributed by atoms with Crippen LogP contribution in [-0.4, -0.2) is 29.6 Å². The van der Waals surface area contributed by atoms with Crippen molar-refractivity contribution in [3.05, 3.63) is 34.3 Å². The molecule has 1 aliphatic rings. The van der Waals surface area contributed by atoms with Crippen LogP contribution in [0.15, 0.2) is 23.0 Å². The normalized spacial score (nSPS) is 12.4. The third kappa shape index (κ3) is 2.27. The first kappa shape index (κ1) is 12.7. The van der Waals surface area contributed by atoms with Crippen LogP contribution >= 0.6 is 11.3 Å². The lowest BCUT2D eigenvalue weighted by Gasteiger charge is -2.17. The highest BCUT2D eigenvalue weighted by Gasteiger charge is 2.22. The Morgan fingerprint density at radius 2 is 2.20 bits per heavy atom. The standard InChI is InChI=1S/C13H13N3O3S/c1-16(4-8-5-20-6-15-8)13(17)9-2-11-12(3-10(9)14)19-7-18-11/h2-3,5-6H,4,7,14H2,1H3. The number of nitrogens with two attached hydrogens (primary N) is 1. The van der Waals surface area contributed by atoms with Crippen LogP contribution in [0, 0.1) is 0 Å². The number of ether oxygens (including phenoxy) is 2. The molecule has 0 bridgehead atoms. The van der Waals surface area contributed by atoms with Gasteiger partial charge in [-0.15, -0.1) is 11.3 Å². The number of aromatic nitrogens is 1. The molecule has 20 heavy (non-hydrogen) atoms. The van der Waals surface area contributed by atoms with Crippen molar-refractivity contribution in [1.82, 2.24) is 9.88 Å². The highest BCUT2D eigenvalue weighted by atomic mass is 32.1. The van der Waals surface area contributed by atoms with Gasteiger partial charge in [-0.05, 0) is 6.07 Å². The van der Waals surface area contributed by atoms with Gasteiger partial charge >= 0.3 is 0 Å². The fourth-order valence-corrected chi connectivity index (χ4v) is 2.53. The Hall–Kier alpha value is -2.28. The number of anilines is 1. The quantitative estimate of drug-likeness (QED) is 0.871. The van der Waals surface area contributed by atoms with E-state index in [1.807, 2.05) is 5.38 Å². The van der Waals surface area contributed by atoms with E-state index >= 15 is 0 Å². The number of carbonyl (C=O) groups excluding carboxylic acids is 1. The van der Waals surface area contributed by atoms with E-state index in [1.165, 1.54) is 11.3 Å². The van der Waals surface area contributed by atoms with Gasteiger partial charge in [0, 0.05) is 24.2 Å². The van der Waals surface area contributed by atoms with Crippen molar-refractivity contribution in [3.8, 4) is 11.5 Å². The van der Waals surface area contributed by atoms with Gasteiger partial charge in [-0.1, -0.05) is 0 Å². The first-order valence-corrected chi connectivity index (χ1v) is 6.91. The highest BCUT2D eigenvalue weighted by Crippen LogP contribution is 2.36. The lowest BCUT2D eigenvalue weighted by molar-refractivity contribution is 0.0784. The molecule has 3 rings (SSSR count). The van der Waals surface area contributed by atoms with Crippen LogP contribution < -0.4 is 15.2 Å². The Labute approximate surface area is 119 Å². The van der Waals surface area contributed by atoms with Crippen molar-refractivity contribution in [2.24, 2.45) is 0 Å². The van der Waals surface area contributed by atoms with Crippen LogP contribution in [0.5, 0.6) is 11.5 Å². The molecule has 1 aromatic heterocycles. The van der Waals surface area contributed by atoms with Gasteiger partial charge in [0.1, 0.15) is 0 Å². The van der Waals surface area contributed by atoms with Gasteiger partial charge in [-0.25, -0.2) is 4.98 Å². The second-order valence-electron chi connectivity index (χ2n) is 4.43. The number of carbonyl (C=O) groups is 1. The van der Waals surface area contributed by atoms with Crippen molar-refractivity contribution >= 4 is 22.9 Å². The number of rotatable bonds is 3. The highest BCUT2D eigenvalue weighted by molar-refractivity contribution is 7.07. The lowest BCUT2D eigenvalue weighted by Crippen LogP contribution is -2.27. The zero-order valence-corrected chi connectivity index (χ0v) is 11.6. The molecule has 2 N–H and O–H groups in total. The van der Waals surface area contributed by atoms with Gasteiger partial charge in [0.05, 0.1) is 23.3 Å². The van der Waals surface area contributed by atoms with Crippen molar-refractivity contribution in [2.75, 3.05) is 19.6 Å². The third-order valence-electron chi connectivity index (χ3n) is 3.00. The van der Waals surface area contributed by atoms with E-state index in [-0.39, 0.29) is 12.7 Å². The van der Waals surface area contributed by atoms with Crippen LogP contribution in [0.25, 0.3) is 0 Å². The molecular weight excluding hydrogens is 278 g/mol. The average molecular weight is 291 g/mol. The summed E-state index contributed by atoms with van der Waals surface area (Å²) in [5, 5.41) is 1.91. The van der Waals surface area contributed by atoms with E-state index in [1.54, 1.807) is 29.6 Å². The summed E-state index contributed by atoms with van der Waals surface area (Å²) in [5.41, 5.74) is 9.29. The number of nitrogens with zero attached hydrogens (tertiary/aromatic N) is 2. The third-order valence-corrected chi connectivity index (χ3v) is 3.64. The van der Waals surface area contributed by atoms with Crippen LogP contribution in [0.2, 0.25) is 0 Å². The van der Waals surface area contributed by atoms with Crippen molar-refractivity contribution < 1.29 is 14.3 Å². The van der Waals surface area contributed by atoms with Gasteiger partial charge in [0.15, 0.2) is 11.5 Å². The van der Waals surface area contributed by atoms with Crippen LogP contribution in [0.3, 0.4) is 0 Å². The van der Waals surface area contributed by atoms with Crippen molar-refractivity contribution in [2.45, 2.75) is 6.54 Å². The molecule has 0 saturated carbocycles. The Kier molecular flexibility index (Phi) is 3.19. The molecule has 2 heterocycles. The summed E-state index contributed by atoms with van der Waals surface area (Å²) in [6, 6.07) is 3.24. The first-order valence-electron chi connectivity index (χ1n) is 5.97. The Balaban J connectivity index is 1.83. The van der Waals surface area contributed by atoms with Crippen LogP contribution in [-0.2, 0) is 6.54 Å². The zero-order valence-electron chi connectivity index (χ0n) is 10.8. The number of nitrogen functional groups attached to an aromatic ring is 1. The Morgan fingerprint density at radius 3 is 2.90 bits per heavy atom. The van der Waals surface area contributed by atoms with E-state index < -0.39 is 0 Å². The Bertz CT molecular complexity index is 643. The number of amides is 1. The molecule has 1 amide bonds. The molecule has 104 valence electrons. The molecule has 6 nitrogen and oxygen atoms in total. The summed E-state index contributed by atoms with van der Waals surface area (Å²) in [4.78, 5) is 18.2. The van der Waals surface area contributed by atoms with E-state index in [9.17, 15) is 4.79 Å². The number of benzene rings is 1. The maximum absolute atomic E-state index is 12.4. The van der Waals surface area contributed by atoms with Crippen molar-refractivity contribution in [1.29, 1.82) is 0 Å². The smallest absolute Gasteiger partial charge is 0.256 e. The zero-order chi connectivity index (χ0) is 14.1. The molecular formula is C13H13N3O3S. The molecule has 1 aliphatic heterocycles. The SMILES string of the molecule is CN(Cc1cscn1)C(=O)c1cc2c(cc1N)OCO2. The number of hydrogen-bond acceptors (Lipinski definition) is 6. The van der Waals surface area contributed by atoms with Crippen LogP contribution in [0.1, 0.15) is 16.1 Å². The molecule has 7 heteroatoms. The summed E-state index contributed by atoms with van der Waals surface area (Å²) < 4.78 is 10.5. The summed E-state index contributed by atoms with van der Waals surface area (Å²) in [6.45, 7) is 0.595. The predicted octanol–water partition coefficient (Wildman–Crippen LogP) is 1.73. The predicted molar refractivity (Wildman–Crippen MR) is 74.9 cm³/mol. The topological polar surface area (TPSA) is 77.7 Å². The van der Waals surface area contributed by atoms with Gasteiger partial charge in [0.2, 0.25) is 6.79 Å². The maximum atomic E-state index is 12.4. The van der Waals surface area contributed by atoms with Gasteiger partial charge in [-0.2, -0.15) is 0 Å². The second kappa shape index (κ2) is 5.01. The fraction of sp³-hybridized carbons (Fsp3) is 0.231. The largest absolute Gasteiger partial charge is 0.454 e. The monoisotopic (exact) mass is 291 g/mol. The molecule has 0 radical (unpaired) electrons. The molecule has 0 fully saturated rings. The molecule has 0 aliphatic carbocycles. The number of fused-ring (bicyclic) bond motifs is 1. The van der Waals surface area contributed by atoms with Crippen molar-refractivity contribution in [3.63, 3.8) is 0 Å². The van der Waals surface area contributed by atoms with Gasteiger partial charge in [0.25, 0.3) is 5.91 Å². The van der Waals surface area contributed by atoms with Crippen LogP contribution in [0.4, 0.5) is 5.69 Å². The van der Waals surface area contributed by atoms with E-state index in [0.717, 1.165) is 5.69 Å². The average Bonchev–Trinajstić information content (AvgIpc) is 3.07. The molecule has 0 unspecified atom stereocenters. The lowest BCUT2D eigenvalue weighted by atomic mass is 10.1. The maximum Gasteiger partial charge on any atom is 0.256 e. The van der Waals surface area contributed by atoms with E-state index in [4.69, 9.17) is 15.2 Å². The second-order valence-corrected chi connectivity index (χ2v) is 5.15. The van der Waals surface area contributed by atoms with E-state index in [0.29, 0.717) is 29.3 Å². The number of hydrogen-bond donors (Lipinski definition) is 1. The number of thiazole rings is 1. The minimum absolute atomic E-state index is 0.154. The molecule has 0 saturated heterocycles. The fourth-order valence-electron chi connectivity index (χ4n) is 1.98. The molecule has 0 spiro atoms.